The largest absolute Gasteiger partial charge is 0.342 e. The van der Waals surface area contributed by atoms with Crippen LogP contribution in [0.2, 0.25) is 0 Å². The summed E-state index contributed by atoms with van der Waals surface area (Å²) in [6.45, 7) is 8.47. The first-order valence-electron chi connectivity index (χ1n) is 10.3. The fourth-order valence-corrected chi connectivity index (χ4v) is 4.44. The van der Waals surface area contributed by atoms with E-state index in [0.29, 0.717) is 23.1 Å². The SMILES string of the molecule is CCn1c(SCC(=O)Nc2ccc(Br)c(C)c2C)nnc1[C@@H](C)NC(=O)c1ccccc1. The molecule has 2 amide bonds. The number of halogens is 1. The van der Waals surface area contributed by atoms with E-state index in [-0.39, 0.29) is 23.6 Å². The van der Waals surface area contributed by atoms with Crippen molar-refractivity contribution in [2.24, 2.45) is 0 Å². The number of benzene rings is 2. The van der Waals surface area contributed by atoms with E-state index in [0.717, 1.165) is 21.3 Å². The van der Waals surface area contributed by atoms with Gasteiger partial charge in [0, 0.05) is 22.3 Å². The molecule has 168 valence electrons. The fourth-order valence-electron chi connectivity index (χ4n) is 3.20. The number of rotatable bonds is 8. The molecule has 0 fully saturated rings. The minimum atomic E-state index is -0.327. The summed E-state index contributed by atoms with van der Waals surface area (Å²) in [6.07, 6.45) is 0. The lowest BCUT2D eigenvalue weighted by atomic mass is 10.1. The van der Waals surface area contributed by atoms with Gasteiger partial charge in [0.2, 0.25) is 5.91 Å². The Labute approximate surface area is 200 Å². The van der Waals surface area contributed by atoms with Crippen molar-refractivity contribution in [1.29, 1.82) is 0 Å². The molecule has 2 N–H and O–H groups in total. The van der Waals surface area contributed by atoms with Crippen LogP contribution >= 0.6 is 27.7 Å². The normalized spacial score (nSPS) is 11.8. The number of carbonyl (C=O) groups excluding carboxylic acids is 2. The lowest BCUT2D eigenvalue weighted by molar-refractivity contribution is -0.113. The maximum absolute atomic E-state index is 12.5. The van der Waals surface area contributed by atoms with Crippen LogP contribution in [0, 0.1) is 13.8 Å². The zero-order valence-electron chi connectivity index (χ0n) is 18.5. The molecule has 0 aliphatic carbocycles. The van der Waals surface area contributed by atoms with Gasteiger partial charge in [-0.15, -0.1) is 10.2 Å². The van der Waals surface area contributed by atoms with Crippen LogP contribution in [0.25, 0.3) is 0 Å². The van der Waals surface area contributed by atoms with Gasteiger partial charge < -0.3 is 15.2 Å². The van der Waals surface area contributed by atoms with Crippen molar-refractivity contribution in [3.05, 3.63) is 69.5 Å². The number of nitrogens with zero attached hydrogens (tertiary/aromatic N) is 3. The van der Waals surface area contributed by atoms with Gasteiger partial charge in [0.15, 0.2) is 11.0 Å². The molecule has 0 aliphatic heterocycles. The molecular formula is C23H26BrN5O2S. The second-order valence-corrected chi connectivity index (χ2v) is 9.12. The van der Waals surface area contributed by atoms with Crippen molar-refractivity contribution in [2.45, 2.75) is 45.4 Å². The number of hydrogen-bond acceptors (Lipinski definition) is 5. The van der Waals surface area contributed by atoms with Crippen LogP contribution in [0.1, 0.15) is 47.2 Å². The molecule has 1 aromatic heterocycles. The van der Waals surface area contributed by atoms with E-state index in [1.165, 1.54) is 11.8 Å². The Morgan fingerprint density at radius 1 is 1.09 bits per heavy atom. The summed E-state index contributed by atoms with van der Waals surface area (Å²) in [5.41, 5.74) is 3.51. The predicted molar refractivity (Wildman–Crippen MR) is 131 cm³/mol. The van der Waals surface area contributed by atoms with Gasteiger partial charge in [0.1, 0.15) is 0 Å². The Hall–Kier alpha value is -2.65. The first kappa shape index (κ1) is 24.0. The van der Waals surface area contributed by atoms with Gasteiger partial charge in [-0.2, -0.15) is 0 Å². The number of carbonyl (C=O) groups is 2. The summed E-state index contributed by atoms with van der Waals surface area (Å²) in [6, 6.07) is 12.5. The highest BCUT2D eigenvalue weighted by atomic mass is 79.9. The van der Waals surface area contributed by atoms with E-state index < -0.39 is 0 Å². The Kier molecular flexibility index (Phi) is 8.09. The van der Waals surface area contributed by atoms with Crippen molar-refractivity contribution in [3.8, 4) is 0 Å². The average Bonchev–Trinajstić information content (AvgIpc) is 3.21. The third-order valence-electron chi connectivity index (χ3n) is 5.16. The molecule has 2 aromatic carbocycles. The van der Waals surface area contributed by atoms with E-state index in [1.807, 2.05) is 62.6 Å². The molecule has 0 radical (unpaired) electrons. The standard InChI is InChI=1S/C23H26BrN5O2S/c1-5-29-21(16(4)25-22(31)17-9-7-6-8-10-17)27-28-23(29)32-13-20(30)26-19-12-11-18(24)14(2)15(19)3/h6-12,16H,5,13H2,1-4H3,(H,25,31)(H,26,30)/t16-/m1/s1. The average molecular weight is 516 g/mol. The molecule has 1 atom stereocenters. The van der Waals surface area contributed by atoms with Crippen LogP contribution in [-0.2, 0) is 11.3 Å². The first-order chi connectivity index (χ1) is 15.3. The molecule has 0 spiro atoms. The second-order valence-electron chi connectivity index (χ2n) is 7.33. The molecule has 0 bridgehead atoms. The molecule has 32 heavy (non-hydrogen) atoms. The Balaban J connectivity index is 1.64. The van der Waals surface area contributed by atoms with Crippen molar-refractivity contribution < 1.29 is 9.59 Å². The maximum Gasteiger partial charge on any atom is 0.251 e. The zero-order chi connectivity index (χ0) is 23.3. The molecule has 3 rings (SSSR count). The van der Waals surface area contributed by atoms with Crippen molar-refractivity contribution in [3.63, 3.8) is 0 Å². The van der Waals surface area contributed by atoms with E-state index >= 15 is 0 Å². The second kappa shape index (κ2) is 10.8. The van der Waals surface area contributed by atoms with Crippen LogP contribution in [0.4, 0.5) is 5.69 Å². The highest BCUT2D eigenvalue weighted by molar-refractivity contribution is 9.10. The Morgan fingerprint density at radius 3 is 2.50 bits per heavy atom. The maximum atomic E-state index is 12.5. The number of hydrogen-bond donors (Lipinski definition) is 2. The number of anilines is 1. The summed E-state index contributed by atoms with van der Waals surface area (Å²) >= 11 is 4.83. The lowest BCUT2D eigenvalue weighted by Crippen LogP contribution is -2.28. The van der Waals surface area contributed by atoms with Gasteiger partial charge in [-0.3, -0.25) is 9.59 Å². The first-order valence-corrected chi connectivity index (χ1v) is 12.1. The fraction of sp³-hybridized carbons (Fsp3) is 0.304. The zero-order valence-corrected chi connectivity index (χ0v) is 20.9. The van der Waals surface area contributed by atoms with Crippen molar-refractivity contribution >= 4 is 45.2 Å². The van der Waals surface area contributed by atoms with Crippen molar-refractivity contribution in [1.82, 2.24) is 20.1 Å². The molecular weight excluding hydrogens is 490 g/mol. The Bertz CT molecular complexity index is 1120. The van der Waals surface area contributed by atoms with E-state index in [4.69, 9.17) is 0 Å². The number of amides is 2. The van der Waals surface area contributed by atoms with Gasteiger partial charge >= 0.3 is 0 Å². The topological polar surface area (TPSA) is 88.9 Å². The van der Waals surface area contributed by atoms with Gasteiger partial charge in [0.25, 0.3) is 5.91 Å². The van der Waals surface area contributed by atoms with Gasteiger partial charge in [0.05, 0.1) is 11.8 Å². The molecule has 9 heteroatoms. The lowest BCUT2D eigenvalue weighted by Gasteiger charge is -2.15. The highest BCUT2D eigenvalue weighted by Crippen LogP contribution is 2.26. The quantitative estimate of drug-likeness (QED) is 0.416. The minimum absolute atomic E-state index is 0.113. The van der Waals surface area contributed by atoms with E-state index in [1.54, 1.807) is 12.1 Å². The Morgan fingerprint density at radius 2 is 1.81 bits per heavy atom. The van der Waals surface area contributed by atoms with Crippen LogP contribution in [0.3, 0.4) is 0 Å². The van der Waals surface area contributed by atoms with Crippen LogP contribution in [0.5, 0.6) is 0 Å². The van der Waals surface area contributed by atoms with Gasteiger partial charge in [-0.25, -0.2) is 0 Å². The molecule has 0 saturated heterocycles. The smallest absolute Gasteiger partial charge is 0.251 e. The summed E-state index contributed by atoms with van der Waals surface area (Å²) in [7, 11) is 0. The minimum Gasteiger partial charge on any atom is -0.342 e. The van der Waals surface area contributed by atoms with Crippen molar-refractivity contribution in [2.75, 3.05) is 11.1 Å². The highest BCUT2D eigenvalue weighted by Gasteiger charge is 2.20. The third-order valence-corrected chi connectivity index (χ3v) is 6.99. The molecule has 0 unspecified atom stereocenters. The number of thioether (sulfide) groups is 1. The number of aromatic nitrogens is 3. The van der Waals surface area contributed by atoms with Gasteiger partial charge in [-0.1, -0.05) is 45.9 Å². The predicted octanol–water partition coefficient (Wildman–Crippen LogP) is 4.90. The van der Waals surface area contributed by atoms with Gasteiger partial charge in [-0.05, 0) is 63.1 Å². The van der Waals surface area contributed by atoms with Crippen LogP contribution < -0.4 is 10.6 Å². The summed E-state index contributed by atoms with van der Waals surface area (Å²) < 4.78 is 2.93. The van der Waals surface area contributed by atoms with E-state index in [2.05, 4.69) is 36.8 Å². The molecule has 1 heterocycles. The summed E-state index contributed by atoms with van der Waals surface area (Å²) in [4.78, 5) is 25.0. The molecule has 0 aliphatic rings. The van der Waals surface area contributed by atoms with Crippen LogP contribution in [0.15, 0.2) is 52.1 Å². The molecule has 0 saturated carbocycles. The summed E-state index contributed by atoms with van der Waals surface area (Å²) in [5, 5.41) is 15.1. The molecule has 3 aromatic rings. The van der Waals surface area contributed by atoms with Crippen LogP contribution in [-0.4, -0.2) is 32.3 Å². The monoisotopic (exact) mass is 515 g/mol. The summed E-state index contributed by atoms with van der Waals surface area (Å²) in [5.74, 6) is 0.575. The molecule has 7 nitrogen and oxygen atoms in total. The number of nitrogens with one attached hydrogen (secondary N) is 2. The third kappa shape index (κ3) is 5.58. The van der Waals surface area contributed by atoms with E-state index in [9.17, 15) is 9.59 Å².